The van der Waals surface area contributed by atoms with Gasteiger partial charge in [-0.1, -0.05) is 55.3 Å². The molecule has 0 aliphatic heterocycles. The van der Waals surface area contributed by atoms with Crippen molar-refractivity contribution >= 4 is 11.9 Å². The van der Waals surface area contributed by atoms with Crippen LogP contribution >= 0.6 is 0 Å². The molecule has 0 radical (unpaired) electrons. The maximum atomic E-state index is 12.9. The van der Waals surface area contributed by atoms with Gasteiger partial charge in [-0.2, -0.15) is 0 Å². The second-order valence-corrected chi connectivity index (χ2v) is 10.1. The zero-order valence-corrected chi connectivity index (χ0v) is 19.5. The summed E-state index contributed by atoms with van der Waals surface area (Å²) in [6, 6.07) is 8.86. The number of aliphatic hydroxyl groups is 1. The van der Waals surface area contributed by atoms with Gasteiger partial charge in [0.05, 0.1) is 17.6 Å². The molecule has 2 N–H and O–H groups in total. The first kappa shape index (κ1) is 24.2. The molecule has 3 rings (SSSR count). The Morgan fingerprint density at radius 2 is 1.91 bits per heavy atom. The van der Waals surface area contributed by atoms with E-state index >= 15 is 0 Å². The fourth-order valence-corrected chi connectivity index (χ4v) is 6.38. The van der Waals surface area contributed by atoms with Gasteiger partial charge in [0.1, 0.15) is 6.10 Å². The molecule has 5 unspecified atom stereocenters. The average molecular weight is 441 g/mol. The predicted molar refractivity (Wildman–Crippen MR) is 124 cm³/mol. The van der Waals surface area contributed by atoms with Crippen molar-refractivity contribution in [3.05, 3.63) is 59.7 Å². The highest BCUT2D eigenvalue weighted by Crippen LogP contribution is 2.62. The second kappa shape index (κ2) is 9.62. The molecule has 5 nitrogen and oxygen atoms in total. The Morgan fingerprint density at radius 3 is 2.53 bits per heavy atom. The van der Waals surface area contributed by atoms with E-state index in [1.54, 1.807) is 24.3 Å². The summed E-state index contributed by atoms with van der Waals surface area (Å²) in [4.78, 5) is 25.4. The van der Waals surface area contributed by atoms with Gasteiger partial charge in [-0.05, 0) is 63.0 Å². The van der Waals surface area contributed by atoms with Crippen molar-refractivity contribution in [3.8, 4) is 0 Å². The average Bonchev–Trinajstić information content (AvgIpc) is 2.73. The van der Waals surface area contributed by atoms with Gasteiger partial charge in [-0.3, -0.25) is 4.79 Å². The minimum atomic E-state index is -0.969. The molecule has 0 aromatic heterocycles. The summed E-state index contributed by atoms with van der Waals surface area (Å²) in [7, 11) is 0. The molecule has 1 aromatic rings. The lowest BCUT2D eigenvalue weighted by atomic mass is 9.45. The first-order chi connectivity index (χ1) is 15.1. The van der Waals surface area contributed by atoms with Crippen LogP contribution in [0.3, 0.4) is 0 Å². The smallest absolute Gasteiger partial charge is 0.338 e. The highest BCUT2D eigenvalue weighted by molar-refractivity contribution is 5.89. The molecule has 5 atom stereocenters. The summed E-state index contributed by atoms with van der Waals surface area (Å²) < 4.78 is 6.03. The highest BCUT2D eigenvalue weighted by atomic mass is 16.5. The van der Waals surface area contributed by atoms with Crippen LogP contribution in [-0.4, -0.2) is 34.9 Å². The summed E-state index contributed by atoms with van der Waals surface area (Å²) in [6.45, 7) is 10.4. The van der Waals surface area contributed by atoms with Crippen molar-refractivity contribution < 1.29 is 24.5 Å². The molecule has 32 heavy (non-hydrogen) atoms. The van der Waals surface area contributed by atoms with E-state index in [1.165, 1.54) is 0 Å². The van der Waals surface area contributed by atoms with Gasteiger partial charge < -0.3 is 14.9 Å². The first-order valence-corrected chi connectivity index (χ1v) is 11.6. The van der Waals surface area contributed by atoms with Crippen LogP contribution in [-0.2, 0) is 9.53 Å². The van der Waals surface area contributed by atoms with Crippen molar-refractivity contribution in [2.45, 2.75) is 65.4 Å². The van der Waals surface area contributed by atoms with Crippen LogP contribution in [0.4, 0.5) is 0 Å². The number of ether oxygens (including phenoxy) is 1. The standard InChI is InChI=1S/C27H36O5/c1-18(13-16-28)11-12-21-19(2)17-22(32-24(29)20-9-6-5-7-10-20)23-26(21,3)14-8-15-27(23,4)25(30)31/h5-7,9-10,13,21-23,28H,2,8,11-12,14-17H2,1,3-4H3,(H,30,31). The lowest BCUT2D eigenvalue weighted by Gasteiger charge is -2.59. The van der Waals surface area contributed by atoms with Crippen LogP contribution in [0.15, 0.2) is 54.1 Å². The van der Waals surface area contributed by atoms with Crippen molar-refractivity contribution in [1.29, 1.82) is 0 Å². The fourth-order valence-electron chi connectivity index (χ4n) is 6.38. The van der Waals surface area contributed by atoms with Gasteiger partial charge in [0, 0.05) is 12.3 Å². The van der Waals surface area contributed by atoms with Crippen molar-refractivity contribution in [3.63, 3.8) is 0 Å². The Hall–Kier alpha value is -2.40. The third kappa shape index (κ3) is 4.54. The van der Waals surface area contributed by atoms with Crippen LogP contribution in [0.2, 0.25) is 0 Å². The van der Waals surface area contributed by atoms with Gasteiger partial charge in [-0.15, -0.1) is 0 Å². The van der Waals surface area contributed by atoms with E-state index in [0.29, 0.717) is 18.4 Å². The number of benzene rings is 1. The maximum absolute atomic E-state index is 12.9. The van der Waals surface area contributed by atoms with Crippen LogP contribution in [0.1, 0.15) is 69.7 Å². The minimum Gasteiger partial charge on any atom is -0.481 e. The molecule has 0 amide bonds. The summed E-state index contributed by atoms with van der Waals surface area (Å²) >= 11 is 0. The van der Waals surface area contributed by atoms with Crippen molar-refractivity contribution in [2.75, 3.05) is 6.61 Å². The zero-order chi connectivity index (χ0) is 23.5. The summed E-state index contributed by atoms with van der Waals surface area (Å²) in [6.07, 6.45) is 5.73. The maximum Gasteiger partial charge on any atom is 0.338 e. The summed E-state index contributed by atoms with van der Waals surface area (Å²) in [5.74, 6) is -1.40. The Bertz CT molecular complexity index is 889. The largest absolute Gasteiger partial charge is 0.481 e. The number of carbonyl (C=O) groups is 2. The summed E-state index contributed by atoms with van der Waals surface area (Å²) in [5, 5.41) is 19.5. The topological polar surface area (TPSA) is 83.8 Å². The number of fused-ring (bicyclic) bond motifs is 1. The van der Waals surface area contributed by atoms with E-state index < -0.39 is 23.5 Å². The third-order valence-corrected chi connectivity index (χ3v) is 7.96. The number of hydrogen-bond donors (Lipinski definition) is 2. The van der Waals surface area contributed by atoms with E-state index in [1.807, 2.05) is 26.0 Å². The molecule has 2 saturated carbocycles. The van der Waals surface area contributed by atoms with E-state index in [9.17, 15) is 19.8 Å². The van der Waals surface area contributed by atoms with Crippen molar-refractivity contribution in [1.82, 2.24) is 0 Å². The molecule has 2 fully saturated rings. The Labute approximate surface area is 191 Å². The number of carboxylic acid groups (broad SMARTS) is 1. The molecule has 0 heterocycles. The minimum absolute atomic E-state index is 0.0198. The molecule has 0 bridgehead atoms. The molecule has 2 aliphatic rings. The Balaban J connectivity index is 1.96. The van der Waals surface area contributed by atoms with Crippen LogP contribution in [0.5, 0.6) is 0 Å². The normalized spacial score (nSPS) is 32.8. The quantitative estimate of drug-likeness (QED) is 0.438. The van der Waals surface area contributed by atoms with E-state index in [-0.39, 0.29) is 23.9 Å². The number of carboxylic acids is 1. The van der Waals surface area contributed by atoms with E-state index in [0.717, 1.165) is 36.8 Å². The van der Waals surface area contributed by atoms with E-state index in [4.69, 9.17) is 4.74 Å². The predicted octanol–water partition coefficient (Wildman–Crippen LogP) is 5.40. The van der Waals surface area contributed by atoms with Gasteiger partial charge in [0.15, 0.2) is 0 Å². The van der Waals surface area contributed by atoms with Crippen LogP contribution in [0.25, 0.3) is 0 Å². The molecule has 2 aliphatic carbocycles. The van der Waals surface area contributed by atoms with Gasteiger partial charge in [0.2, 0.25) is 0 Å². The lowest BCUT2D eigenvalue weighted by Crippen LogP contribution is -2.59. The monoisotopic (exact) mass is 440 g/mol. The molecule has 5 heteroatoms. The number of esters is 1. The molecule has 0 saturated heterocycles. The molecular formula is C27H36O5. The van der Waals surface area contributed by atoms with Gasteiger partial charge in [0.25, 0.3) is 0 Å². The van der Waals surface area contributed by atoms with Gasteiger partial charge in [-0.25, -0.2) is 4.79 Å². The third-order valence-electron chi connectivity index (χ3n) is 7.96. The fraction of sp³-hybridized carbons (Fsp3) is 0.556. The second-order valence-electron chi connectivity index (χ2n) is 10.1. The van der Waals surface area contributed by atoms with Crippen LogP contribution < -0.4 is 0 Å². The number of rotatable bonds is 7. The summed E-state index contributed by atoms with van der Waals surface area (Å²) in [5.41, 5.74) is 1.32. The number of carbonyl (C=O) groups excluding carboxylic acids is 1. The molecule has 174 valence electrons. The van der Waals surface area contributed by atoms with E-state index in [2.05, 4.69) is 13.5 Å². The first-order valence-electron chi connectivity index (χ1n) is 11.6. The number of allylic oxidation sites excluding steroid dienone is 1. The van der Waals surface area contributed by atoms with Crippen molar-refractivity contribution in [2.24, 2.45) is 22.7 Å². The lowest BCUT2D eigenvalue weighted by molar-refractivity contribution is -0.177. The van der Waals surface area contributed by atoms with Gasteiger partial charge >= 0.3 is 11.9 Å². The molecular weight excluding hydrogens is 404 g/mol. The Morgan fingerprint density at radius 1 is 1.22 bits per heavy atom. The highest BCUT2D eigenvalue weighted by Gasteiger charge is 2.61. The number of aliphatic carboxylic acids is 1. The SMILES string of the molecule is C=C1CC(OC(=O)c2ccccc2)C2C(C)(C(=O)O)CCCC2(C)C1CCC(C)=CCO. The zero-order valence-electron chi connectivity index (χ0n) is 19.5. The molecule has 0 spiro atoms. The van der Waals surface area contributed by atoms with Crippen LogP contribution in [0, 0.1) is 22.7 Å². The number of hydrogen-bond acceptors (Lipinski definition) is 4. The Kier molecular flexibility index (Phi) is 7.29. The molecule has 1 aromatic carbocycles. The number of aliphatic hydroxyl groups excluding tert-OH is 1.